The van der Waals surface area contributed by atoms with Gasteiger partial charge in [-0.1, -0.05) is 44.5 Å². The lowest BCUT2D eigenvalue weighted by atomic mass is 9.88. The number of rotatable bonds is 2. The molecule has 0 bridgehead atoms. The molecule has 0 heterocycles. The van der Waals surface area contributed by atoms with E-state index in [1.807, 2.05) is 26.0 Å². The van der Waals surface area contributed by atoms with E-state index in [0.29, 0.717) is 11.1 Å². The van der Waals surface area contributed by atoms with E-state index in [-0.39, 0.29) is 17.5 Å². The lowest BCUT2D eigenvalue weighted by Crippen LogP contribution is -2.22. The van der Waals surface area contributed by atoms with Gasteiger partial charge in [0.2, 0.25) is 0 Å². The molecule has 1 aromatic rings. The van der Waals surface area contributed by atoms with Crippen LogP contribution in [0.2, 0.25) is 0 Å². The van der Waals surface area contributed by atoms with Crippen molar-refractivity contribution in [2.75, 3.05) is 0 Å². The molecule has 0 saturated carbocycles. The number of carbonyl (C=O) groups is 2. The van der Waals surface area contributed by atoms with Gasteiger partial charge in [-0.05, 0) is 5.92 Å². The van der Waals surface area contributed by atoms with Gasteiger partial charge in [0.25, 0.3) is 0 Å². The van der Waals surface area contributed by atoms with E-state index in [0.717, 1.165) is 6.42 Å². The highest BCUT2D eigenvalue weighted by atomic mass is 16.2. The van der Waals surface area contributed by atoms with Crippen molar-refractivity contribution < 1.29 is 9.59 Å². The van der Waals surface area contributed by atoms with Crippen molar-refractivity contribution in [3.8, 4) is 0 Å². The van der Waals surface area contributed by atoms with Crippen molar-refractivity contribution in [2.45, 2.75) is 20.3 Å². The van der Waals surface area contributed by atoms with E-state index in [2.05, 4.69) is 0 Å². The second-order valence-corrected chi connectivity index (χ2v) is 4.14. The Morgan fingerprint density at radius 3 is 2.00 bits per heavy atom. The minimum absolute atomic E-state index is 0.00458. The van der Waals surface area contributed by atoms with Crippen LogP contribution in [0.15, 0.2) is 24.3 Å². The highest BCUT2D eigenvalue weighted by molar-refractivity contribution is 6.26. The molecule has 1 atom stereocenters. The largest absolute Gasteiger partial charge is 0.293 e. The second kappa shape index (κ2) is 3.61. The topological polar surface area (TPSA) is 34.1 Å². The lowest BCUT2D eigenvalue weighted by Gasteiger charge is -2.13. The first-order valence-electron chi connectivity index (χ1n) is 5.34. The first-order valence-corrected chi connectivity index (χ1v) is 5.34. The average molecular weight is 202 g/mol. The molecular formula is C13H14O2. The molecule has 2 rings (SSSR count). The van der Waals surface area contributed by atoms with Crippen LogP contribution in [-0.4, -0.2) is 11.6 Å². The summed E-state index contributed by atoms with van der Waals surface area (Å²) in [6, 6.07) is 7.11. The van der Waals surface area contributed by atoms with Gasteiger partial charge < -0.3 is 0 Å². The maximum absolute atomic E-state index is 12.0. The van der Waals surface area contributed by atoms with Crippen molar-refractivity contribution in [2.24, 2.45) is 11.8 Å². The zero-order chi connectivity index (χ0) is 11.0. The highest BCUT2D eigenvalue weighted by Gasteiger charge is 2.40. The van der Waals surface area contributed by atoms with E-state index in [4.69, 9.17) is 0 Å². The predicted molar refractivity (Wildman–Crippen MR) is 58.0 cm³/mol. The molecule has 1 unspecified atom stereocenters. The van der Waals surface area contributed by atoms with Crippen molar-refractivity contribution in [1.82, 2.24) is 0 Å². The zero-order valence-corrected chi connectivity index (χ0v) is 8.99. The molecule has 2 nitrogen and oxygen atoms in total. The van der Waals surface area contributed by atoms with Gasteiger partial charge in [-0.2, -0.15) is 0 Å². The van der Waals surface area contributed by atoms with Crippen LogP contribution in [0.4, 0.5) is 0 Å². The summed E-state index contributed by atoms with van der Waals surface area (Å²) in [4.78, 5) is 24.0. The molecule has 0 N–H and O–H groups in total. The van der Waals surface area contributed by atoms with E-state index < -0.39 is 5.92 Å². The van der Waals surface area contributed by atoms with Crippen molar-refractivity contribution in [3.63, 3.8) is 0 Å². The summed E-state index contributed by atoms with van der Waals surface area (Å²) in [5, 5.41) is 0. The summed E-state index contributed by atoms with van der Waals surface area (Å²) < 4.78 is 0. The third kappa shape index (κ3) is 1.41. The van der Waals surface area contributed by atoms with E-state index in [1.54, 1.807) is 12.1 Å². The minimum atomic E-state index is -0.438. The molecule has 15 heavy (non-hydrogen) atoms. The van der Waals surface area contributed by atoms with Gasteiger partial charge in [-0.15, -0.1) is 0 Å². The maximum atomic E-state index is 12.0. The molecule has 0 fully saturated rings. The summed E-state index contributed by atoms with van der Waals surface area (Å²) in [5.41, 5.74) is 1.21. The number of hydrogen-bond donors (Lipinski definition) is 0. The molecule has 1 aromatic carbocycles. The Morgan fingerprint density at radius 1 is 1.13 bits per heavy atom. The number of carbonyl (C=O) groups excluding carboxylic acids is 2. The van der Waals surface area contributed by atoms with Gasteiger partial charge >= 0.3 is 0 Å². The molecule has 1 aliphatic carbocycles. The Kier molecular flexibility index (Phi) is 2.43. The Bertz CT molecular complexity index is 385. The fourth-order valence-electron chi connectivity index (χ4n) is 2.12. The number of ketones is 2. The second-order valence-electron chi connectivity index (χ2n) is 4.14. The molecule has 1 aliphatic rings. The summed E-state index contributed by atoms with van der Waals surface area (Å²) >= 11 is 0. The summed E-state index contributed by atoms with van der Waals surface area (Å²) in [5.74, 6) is -0.292. The quantitative estimate of drug-likeness (QED) is 0.691. The van der Waals surface area contributed by atoms with Gasteiger partial charge in [0.15, 0.2) is 11.6 Å². The average Bonchev–Trinajstić information content (AvgIpc) is 2.52. The smallest absolute Gasteiger partial charge is 0.174 e. The van der Waals surface area contributed by atoms with Crippen LogP contribution in [-0.2, 0) is 0 Å². The fraction of sp³-hybridized carbons (Fsp3) is 0.385. The normalized spacial score (nSPS) is 18.0. The Labute approximate surface area is 89.3 Å². The van der Waals surface area contributed by atoms with Crippen LogP contribution in [0.5, 0.6) is 0 Å². The Morgan fingerprint density at radius 2 is 1.60 bits per heavy atom. The van der Waals surface area contributed by atoms with E-state index >= 15 is 0 Å². The van der Waals surface area contributed by atoms with E-state index in [1.165, 1.54) is 0 Å². The number of fused-ring (bicyclic) bond motifs is 1. The monoisotopic (exact) mass is 202 g/mol. The van der Waals surface area contributed by atoms with Crippen LogP contribution < -0.4 is 0 Å². The Hall–Kier alpha value is -1.44. The first-order chi connectivity index (χ1) is 7.16. The number of hydrogen-bond acceptors (Lipinski definition) is 2. The van der Waals surface area contributed by atoms with Crippen LogP contribution in [0.1, 0.15) is 41.0 Å². The third-order valence-electron chi connectivity index (χ3n) is 3.24. The summed E-state index contributed by atoms with van der Waals surface area (Å²) in [7, 11) is 0. The molecule has 0 aliphatic heterocycles. The van der Waals surface area contributed by atoms with Crippen LogP contribution in [0.3, 0.4) is 0 Å². The van der Waals surface area contributed by atoms with Crippen LogP contribution >= 0.6 is 0 Å². The standard InChI is InChI=1S/C13H14O2/c1-3-8(2)11-12(14)9-6-4-5-7-10(9)13(11)15/h4-8,11H,3H2,1-2H3. The third-order valence-corrected chi connectivity index (χ3v) is 3.24. The van der Waals surface area contributed by atoms with Crippen molar-refractivity contribution in [1.29, 1.82) is 0 Å². The summed E-state index contributed by atoms with van der Waals surface area (Å²) in [6.07, 6.45) is 0.857. The molecule has 0 amide bonds. The van der Waals surface area contributed by atoms with Crippen LogP contribution in [0, 0.1) is 11.8 Å². The van der Waals surface area contributed by atoms with Crippen LogP contribution in [0.25, 0.3) is 0 Å². The lowest BCUT2D eigenvalue weighted by molar-refractivity contribution is 0.0789. The first kappa shape index (κ1) is 10.1. The molecule has 2 heteroatoms. The SMILES string of the molecule is CCC(C)C1C(=O)c2ccccc2C1=O. The van der Waals surface area contributed by atoms with Crippen molar-refractivity contribution >= 4 is 11.6 Å². The Balaban J connectivity index is 2.45. The summed E-state index contributed by atoms with van der Waals surface area (Å²) in [6.45, 7) is 3.97. The fourth-order valence-corrected chi connectivity index (χ4v) is 2.12. The van der Waals surface area contributed by atoms with Gasteiger partial charge in [-0.3, -0.25) is 9.59 Å². The number of Topliss-reactive ketones (excluding diaryl/α,β-unsaturated/α-hetero) is 2. The molecule has 0 aromatic heterocycles. The number of benzene rings is 1. The maximum Gasteiger partial charge on any atom is 0.174 e. The molecule has 78 valence electrons. The minimum Gasteiger partial charge on any atom is -0.293 e. The molecule has 0 radical (unpaired) electrons. The van der Waals surface area contributed by atoms with Gasteiger partial charge in [0.1, 0.15) is 0 Å². The van der Waals surface area contributed by atoms with Gasteiger partial charge in [0.05, 0.1) is 5.92 Å². The highest BCUT2D eigenvalue weighted by Crippen LogP contribution is 2.32. The zero-order valence-electron chi connectivity index (χ0n) is 8.99. The van der Waals surface area contributed by atoms with Crippen molar-refractivity contribution in [3.05, 3.63) is 35.4 Å². The molecule has 0 spiro atoms. The molecular weight excluding hydrogens is 188 g/mol. The molecule has 0 saturated heterocycles. The van der Waals surface area contributed by atoms with E-state index in [9.17, 15) is 9.59 Å². The predicted octanol–water partition coefficient (Wildman–Crippen LogP) is 2.73. The van der Waals surface area contributed by atoms with Gasteiger partial charge in [0, 0.05) is 11.1 Å². The van der Waals surface area contributed by atoms with Gasteiger partial charge in [-0.25, -0.2) is 0 Å².